The van der Waals surface area contributed by atoms with Crippen molar-refractivity contribution in [3.8, 4) is 0 Å². The molecule has 1 aliphatic carbocycles. The highest BCUT2D eigenvalue weighted by Crippen LogP contribution is 2.40. The van der Waals surface area contributed by atoms with Crippen LogP contribution in [-0.4, -0.2) is 21.6 Å². The molecule has 0 saturated heterocycles. The molecule has 2 heterocycles. The second kappa shape index (κ2) is 7.37. The second-order valence-corrected chi connectivity index (χ2v) is 8.96. The Morgan fingerprint density at radius 3 is 3.12 bits per heavy atom. The van der Waals surface area contributed by atoms with Gasteiger partial charge in [-0.15, -0.1) is 11.3 Å². The number of hydrogen-bond donors (Lipinski definition) is 1. The molecule has 4 rings (SSSR count). The molecule has 1 aromatic carbocycles. The third-order valence-corrected chi connectivity index (χ3v) is 6.85. The molecule has 0 radical (unpaired) electrons. The molecule has 26 heavy (non-hydrogen) atoms. The van der Waals surface area contributed by atoms with Gasteiger partial charge < -0.3 is 5.32 Å². The number of benzene rings is 1. The van der Waals surface area contributed by atoms with Gasteiger partial charge in [-0.1, -0.05) is 30.8 Å². The zero-order valence-electron chi connectivity index (χ0n) is 14.9. The molecule has 0 bridgehead atoms. The number of nitrogens with zero attached hydrogens (tertiary/aromatic N) is 2. The lowest BCUT2D eigenvalue weighted by Crippen LogP contribution is -2.14. The summed E-state index contributed by atoms with van der Waals surface area (Å²) >= 11 is 3.29. The lowest BCUT2D eigenvalue weighted by atomic mass is 9.89. The lowest BCUT2D eigenvalue weighted by molar-refractivity contribution is -0.113. The average molecular weight is 384 g/mol. The van der Waals surface area contributed by atoms with Crippen molar-refractivity contribution in [1.82, 2.24) is 9.97 Å². The number of thiophene rings is 1. The number of hydrogen-bond acceptors (Lipinski definition) is 5. The summed E-state index contributed by atoms with van der Waals surface area (Å²) in [4.78, 5) is 23.8. The molecule has 4 nitrogen and oxygen atoms in total. The van der Waals surface area contributed by atoms with Gasteiger partial charge in [0.25, 0.3) is 0 Å². The maximum atomic E-state index is 12.3. The van der Waals surface area contributed by atoms with Gasteiger partial charge >= 0.3 is 0 Å². The largest absolute Gasteiger partial charge is 0.325 e. The smallest absolute Gasteiger partial charge is 0.234 e. The minimum absolute atomic E-state index is 0.00918. The zero-order valence-corrected chi connectivity index (χ0v) is 16.5. The summed E-state index contributed by atoms with van der Waals surface area (Å²) in [6.45, 7) is 4.33. The van der Waals surface area contributed by atoms with Gasteiger partial charge in [0.1, 0.15) is 16.2 Å². The van der Waals surface area contributed by atoms with Crippen LogP contribution >= 0.6 is 23.1 Å². The second-order valence-electron chi connectivity index (χ2n) is 6.92. The number of aryl methyl sites for hydroxylation is 2. The Labute approximate surface area is 161 Å². The van der Waals surface area contributed by atoms with Crippen LogP contribution in [0.4, 0.5) is 5.69 Å². The van der Waals surface area contributed by atoms with E-state index in [1.165, 1.54) is 34.0 Å². The van der Waals surface area contributed by atoms with E-state index < -0.39 is 0 Å². The van der Waals surface area contributed by atoms with E-state index >= 15 is 0 Å². The number of fused-ring (bicyclic) bond motifs is 3. The highest BCUT2D eigenvalue weighted by atomic mass is 32.2. The molecule has 0 unspecified atom stereocenters. The summed E-state index contributed by atoms with van der Waals surface area (Å²) in [5, 5.41) is 5.07. The van der Waals surface area contributed by atoms with Crippen LogP contribution in [0.25, 0.3) is 10.2 Å². The van der Waals surface area contributed by atoms with Crippen molar-refractivity contribution in [2.24, 2.45) is 5.92 Å². The summed E-state index contributed by atoms with van der Waals surface area (Å²) in [6.07, 6.45) is 5.06. The Hall–Kier alpha value is -1.92. The van der Waals surface area contributed by atoms with Crippen molar-refractivity contribution < 1.29 is 4.79 Å². The molecule has 0 saturated carbocycles. The number of nitrogens with one attached hydrogen (secondary N) is 1. The first-order chi connectivity index (χ1) is 12.6. The monoisotopic (exact) mass is 383 g/mol. The highest BCUT2D eigenvalue weighted by Gasteiger charge is 2.23. The van der Waals surface area contributed by atoms with E-state index in [4.69, 9.17) is 0 Å². The van der Waals surface area contributed by atoms with Gasteiger partial charge in [0.2, 0.25) is 5.91 Å². The molecule has 3 aromatic rings. The molecule has 0 aliphatic heterocycles. The first kappa shape index (κ1) is 17.5. The summed E-state index contributed by atoms with van der Waals surface area (Å²) in [7, 11) is 0. The van der Waals surface area contributed by atoms with E-state index in [0.717, 1.165) is 39.9 Å². The van der Waals surface area contributed by atoms with Crippen molar-refractivity contribution in [1.29, 1.82) is 0 Å². The molecule has 1 N–H and O–H groups in total. The van der Waals surface area contributed by atoms with Gasteiger partial charge in [-0.25, -0.2) is 9.97 Å². The third kappa shape index (κ3) is 3.62. The van der Waals surface area contributed by atoms with Crippen LogP contribution in [0, 0.1) is 12.8 Å². The fourth-order valence-corrected chi connectivity index (χ4v) is 5.65. The number of amides is 1. The molecule has 1 amide bonds. The van der Waals surface area contributed by atoms with E-state index in [0.29, 0.717) is 5.75 Å². The molecule has 0 spiro atoms. The molecule has 0 fully saturated rings. The van der Waals surface area contributed by atoms with Gasteiger partial charge in [-0.3, -0.25) is 4.79 Å². The summed E-state index contributed by atoms with van der Waals surface area (Å²) in [5.74, 6) is 1.07. The van der Waals surface area contributed by atoms with Gasteiger partial charge in [-0.05, 0) is 55.4 Å². The number of carbonyl (C=O) groups is 1. The predicted molar refractivity (Wildman–Crippen MR) is 109 cm³/mol. The maximum absolute atomic E-state index is 12.3. The van der Waals surface area contributed by atoms with Crippen LogP contribution in [0.15, 0.2) is 35.6 Å². The Kier molecular flexibility index (Phi) is 4.96. The number of aromatic nitrogens is 2. The van der Waals surface area contributed by atoms with Crippen LogP contribution in [0.5, 0.6) is 0 Å². The number of anilines is 1. The fraction of sp³-hybridized carbons (Fsp3) is 0.350. The minimum atomic E-state index is -0.00918. The van der Waals surface area contributed by atoms with Gasteiger partial charge in [0.05, 0.1) is 5.75 Å². The fourth-order valence-electron chi connectivity index (χ4n) is 3.41. The average Bonchev–Trinajstić information content (AvgIpc) is 2.98. The summed E-state index contributed by atoms with van der Waals surface area (Å²) in [5.41, 5.74) is 3.38. The topological polar surface area (TPSA) is 54.9 Å². The van der Waals surface area contributed by atoms with E-state index in [1.54, 1.807) is 17.7 Å². The Morgan fingerprint density at radius 2 is 2.27 bits per heavy atom. The first-order valence-electron chi connectivity index (χ1n) is 8.84. The Balaban J connectivity index is 1.51. The van der Waals surface area contributed by atoms with Crippen LogP contribution in [0.3, 0.4) is 0 Å². The van der Waals surface area contributed by atoms with E-state index in [2.05, 4.69) is 22.2 Å². The number of thioether (sulfide) groups is 1. The van der Waals surface area contributed by atoms with Gasteiger partial charge in [0, 0.05) is 16.0 Å². The maximum Gasteiger partial charge on any atom is 0.234 e. The molecule has 1 atom stereocenters. The van der Waals surface area contributed by atoms with Crippen molar-refractivity contribution >= 4 is 44.9 Å². The SMILES string of the molecule is Cc1cccc(NC(=O)CSc2ncnc3sc4c(c23)CC[C@H](C)C4)c1. The third-order valence-electron chi connectivity index (χ3n) is 4.70. The van der Waals surface area contributed by atoms with Crippen LogP contribution < -0.4 is 5.32 Å². The van der Waals surface area contributed by atoms with Gasteiger partial charge in [-0.2, -0.15) is 0 Å². The zero-order chi connectivity index (χ0) is 18.1. The number of carbonyl (C=O) groups excluding carboxylic acids is 1. The summed E-state index contributed by atoms with van der Waals surface area (Å²) < 4.78 is 0. The quantitative estimate of drug-likeness (QED) is 0.517. The molecule has 1 aliphatic rings. The normalized spacial score (nSPS) is 16.5. The first-order valence-corrected chi connectivity index (χ1v) is 10.6. The summed E-state index contributed by atoms with van der Waals surface area (Å²) in [6, 6.07) is 7.85. The molecule has 134 valence electrons. The van der Waals surface area contributed by atoms with Crippen LogP contribution in [-0.2, 0) is 17.6 Å². The molecular formula is C20H21N3OS2. The Bertz CT molecular complexity index is 967. The van der Waals surface area contributed by atoms with Crippen LogP contribution in [0.1, 0.15) is 29.3 Å². The lowest BCUT2D eigenvalue weighted by Gasteiger charge is -2.18. The predicted octanol–water partition coefficient (Wildman–Crippen LogP) is 4.86. The van der Waals surface area contributed by atoms with E-state index in [-0.39, 0.29) is 5.91 Å². The van der Waals surface area contributed by atoms with Gasteiger partial charge in [0.15, 0.2) is 0 Å². The van der Waals surface area contributed by atoms with E-state index in [1.807, 2.05) is 31.2 Å². The number of rotatable bonds is 4. The van der Waals surface area contributed by atoms with Crippen molar-refractivity contribution in [2.75, 3.05) is 11.1 Å². The standard InChI is InChI=1S/C20H21N3OS2/c1-12-4-3-5-14(8-12)23-17(24)10-25-19-18-15-7-6-13(2)9-16(15)26-20(18)22-11-21-19/h3-5,8,11,13H,6-7,9-10H2,1-2H3,(H,23,24)/t13-/m0/s1. The van der Waals surface area contributed by atoms with Crippen molar-refractivity contribution in [3.05, 3.63) is 46.6 Å². The van der Waals surface area contributed by atoms with Crippen LogP contribution in [0.2, 0.25) is 0 Å². The highest BCUT2D eigenvalue weighted by molar-refractivity contribution is 8.00. The van der Waals surface area contributed by atoms with E-state index in [9.17, 15) is 4.79 Å². The van der Waals surface area contributed by atoms with Crippen molar-refractivity contribution in [2.45, 2.75) is 38.1 Å². The molecule has 6 heteroatoms. The minimum Gasteiger partial charge on any atom is -0.325 e. The Morgan fingerprint density at radius 1 is 1.38 bits per heavy atom. The van der Waals surface area contributed by atoms with Crippen molar-refractivity contribution in [3.63, 3.8) is 0 Å². The molecule has 2 aromatic heterocycles. The molecular weight excluding hydrogens is 362 g/mol.